The Balaban J connectivity index is 2.02. The van der Waals surface area contributed by atoms with Crippen molar-refractivity contribution in [3.8, 4) is 0 Å². The molecule has 0 bridgehead atoms. The lowest BCUT2D eigenvalue weighted by Crippen LogP contribution is -2.00. The molecule has 0 saturated heterocycles. The maximum absolute atomic E-state index is 5.07. The van der Waals surface area contributed by atoms with Gasteiger partial charge in [0.05, 0.1) is 6.20 Å². The average molecular weight is 188 g/mol. The molecule has 1 aromatic heterocycles. The molecule has 1 heterocycles. The first-order chi connectivity index (χ1) is 6.86. The van der Waals surface area contributed by atoms with Crippen LogP contribution in [-0.4, -0.2) is 4.98 Å². The van der Waals surface area contributed by atoms with Crippen LogP contribution in [0.3, 0.4) is 0 Å². The first-order valence-corrected chi connectivity index (χ1v) is 4.54. The molecule has 0 saturated carbocycles. The van der Waals surface area contributed by atoms with Gasteiger partial charge in [-0.15, -0.1) is 0 Å². The molecule has 0 radical (unpaired) electrons. The van der Waals surface area contributed by atoms with E-state index in [0.717, 1.165) is 6.54 Å². The monoisotopic (exact) mass is 188 g/mol. The molecule has 0 spiro atoms. The molecule has 0 aliphatic rings. The molecule has 2 rings (SSSR count). The summed E-state index contributed by atoms with van der Waals surface area (Å²) in [4.78, 5) is 3.98. The number of nitrogens with one attached hydrogen (secondary N) is 1. The number of aryl methyl sites for hydroxylation is 1. The van der Waals surface area contributed by atoms with Gasteiger partial charge in [0.25, 0.3) is 6.01 Å². The fourth-order valence-corrected chi connectivity index (χ4v) is 1.29. The van der Waals surface area contributed by atoms with E-state index >= 15 is 0 Å². The summed E-state index contributed by atoms with van der Waals surface area (Å²) >= 11 is 0. The van der Waals surface area contributed by atoms with Crippen LogP contribution in [0.2, 0.25) is 0 Å². The summed E-state index contributed by atoms with van der Waals surface area (Å²) in [6.45, 7) is 2.83. The fourth-order valence-electron chi connectivity index (χ4n) is 1.29. The third kappa shape index (κ3) is 1.93. The summed E-state index contributed by atoms with van der Waals surface area (Å²) in [5.74, 6) is 0. The van der Waals surface area contributed by atoms with Gasteiger partial charge in [0, 0.05) is 6.54 Å². The normalized spacial score (nSPS) is 10.1. The maximum Gasteiger partial charge on any atom is 0.294 e. The molecule has 0 amide bonds. The summed E-state index contributed by atoms with van der Waals surface area (Å²) in [6, 6.07) is 8.80. The molecule has 72 valence electrons. The summed E-state index contributed by atoms with van der Waals surface area (Å²) in [5, 5.41) is 3.10. The lowest BCUT2D eigenvalue weighted by molar-refractivity contribution is 0.571. The van der Waals surface area contributed by atoms with Crippen molar-refractivity contribution in [2.45, 2.75) is 13.5 Å². The number of hydrogen-bond acceptors (Lipinski definition) is 3. The van der Waals surface area contributed by atoms with Crippen molar-refractivity contribution in [3.63, 3.8) is 0 Å². The largest absolute Gasteiger partial charge is 0.432 e. The maximum atomic E-state index is 5.07. The molecular weight excluding hydrogens is 176 g/mol. The van der Waals surface area contributed by atoms with E-state index in [2.05, 4.69) is 29.4 Å². The lowest BCUT2D eigenvalue weighted by Gasteiger charge is -2.04. The third-order valence-corrected chi connectivity index (χ3v) is 2.12. The topological polar surface area (TPSA) is 38.1 Å². The smallest absolute Gasteiger partial charge is 0.294 e. The van der Waals surface area contributed by atoms with Crippen molar-refractivity contribution in [2.24, 2.45) is 0 Å². The second-order valence-electron chi connectivity index (χ2n) is 3.12. The molecule has 1 aromatic carbocycles. The van der Waals surface area contributed by atoms with Gasteiger partial charge >= 0.3 is 0 Å². The molecule has 2 aromatic rings. The van der Waals surface area contributed by atoms with Gasteiger partial charge in [-0.2, -0.15) is 0 Å². The van der Waals surface area contributed by atoms with Crippen molar-refractivity contribution >= 4 is 6.01 Å². The Morgan fingerprint density at radius 1 is 1.36 bits per heavy atom. The lowest BCUT2D eigenvalue weighted by atomic mass is 10.1. The number of rotatable bonds is 3. The Hall–Kier alpha value is -1.77. The second kappa shape index (κ2) is 3.96. The number of oxazole rings is 1. The summed E-state index contributed by atoms with van der Waals surface area (Å²) in [7, 11) is 0. The molecule has 0 atom stereocenters. The molecular formula is C11H12N2O. The van der Waals surface area contributed by atoms with Crippen LogP contribution < -0.4 is 5.32 Å². The SMILES string of the molecule is Cc1ccccc1CNc1ncco1. The van der Waals surface area contributed by atoms with E-state index in [1.807, 2.05) is 12.1 Å². The standard InChI is InChI=1S/C11H12N2O/c1-9-4-2-3-5-10(9)8-13-11-12-6-7-14-11/h2-7H,8H2,1H3,(H,12,13). The predicted molar refractivity (Wildman–Crippen MR) is 55.0 cm³/mol. The number of benzene rings is 1. The van der Waals surface area contributed by atoms with E-state index in [4.69, 9.17) is 4.42 Å². The zero-order valence-corrected chi connectivity index (χ0v) is 8.03. The van der Waals surface area contributed by atoms with Crippen molar-refractivity contribution in [3.05, 3.63) is 47.9 Å². The van der Waals surface area contributed by atoms with Crippen LogP contribution in [0.1, 0.15) is 11.1 Å². The number of anilines is 1. The zero-order valence-electron chi connectivity index (χ0n) is 8.03. The first-order valence-electron chi connectivity index (χ1n) is 4.54. The zero-order chi connectivity index (χ0) is 9.80. The van der Waals surface area contributed by atoms with Gasteiger partial charge in [-0.05, 0) is 18.1 Å². The van der Waals surface area contributed by atoms with Crippen LogP contribution in [0.15, 0.2) is 41.1 Å². The molecule has 0 aliphatic heterocycles. The van der Waals surface area contributed by atoms with E-state index in [-0.39, 0.29) is 0 Å². The van der Waals surface area contributed by atoms with Gasteiger partial charge in [-0.25, -0.2) is 4.98 Å². The molecule has 0 unspecified atom stereocenters. The molecule has 3 heteroatoms. The number of hydrogen-bond donors (Lipinski definition) is 1. The van der Waals surface area contributed by atoms with Gasteiger partial charge in [-0.3, -0.25) is 0 Å². The molecule has 14 heavy (non-hydrogen) atoms. The van der Waals surface area contributed by atoms with Crippen LogP contribution in [0, 0.1) is 6.92 Å². The van der Waals surface area contributed by atoms with Gasteiger partial charge < -0.3 is 9.73 Å². The Bertz CT molecular complexity index is 395. The van der Waals surface area contributed by atoms with Crippen molar-refractivity contribution in [1.82, 2.24) is 4.98 Å². The Labute approximate surface area is 82.8 Å². The van der Waals surface area contributed by atoms with Crippen molar-refractivity contribution in [1.29, 1.82) is 0 Å². The Morgan fingerprint density at radius 2 is 2.21 bits per heavy atom. The Kier molecular flexibility index (Phi) is 2.49. The minimum atomic E-state index is 0.563. The van der Waals surface area contributed by atoms with Gasteiger partial charge in [0.15, 0.2) is 0 Å². The summed E-state index contributed by atoms with van der Waals surface area (Å²) in [5.41, 5.74) is 2.53. The van der Waals surface area contributed by atoms with Gasteiger partial charge in [0.2, 0.25) is 0 Å². The first kappa shape index (κ1) is 8.81. The number of aromatic nitrogens is 1. The molecule has 0 aliphatic carbocycles. The minimum Gasteiger partial charge on any atom is -0.432 e. The fraction of sp³-hybridized carbons (Fsp3) is 0.182. The molecule has 0 fully saturated rings. The van der Waals surface area contributed by atoms with Crippen LogP contribution in [0.25, 0.3) is 0 Å². The van der Waals surface area contributed by atoms with E-state index < -0.39 is 0 Å². The highest BCUT2D eigenvalue weighted by Gasteiger charge is 1.98. The Morgan fingerprint density at radius 3 is 2.93 bits per heavy atom. The molecule has 3 nitrogen and oxygen atoms in total. The van der Waals surface area contributed by atoms with E-state index in [1.165, 1.54) is 11.1 Å². The molecule has 1 N–H and O–H groups in total. The summed E-state index contributed by atoms with van der Waals surface area (Å²) < 4.78 is 5.07. The van der Waals surface area contributed by atoms with E-state index in [0.29, 0.717) is 6.01 Å². The van der Waals surface area contributed by atoms with Crippen LogP contribution in [0.5, 0.6) is 0 Å². The second-order valence-corrected chi connectivity index (χ2v) is 3.12. The van der Waals surface area contributed by atoms with E-state index in [1.54, 1.807) is 12.5 Å². The summed E-state index contributed by atoms with van der Waals surface area (Å²) in [6.07, 6.45) is 3.18. The number of nitrogens with zero attached hydrogens (tertiary/aromatic N) is 1. The van der Waals surface area contributed by atoms with E-state index in [9.17, 15) is 0 Å². The minimum absolute atomic E-state index is 0.563. The highest BCUT2D eigenvalue weighted by atomic mass is 16.4. The highest BCUT2D eigenvalue weighted by molar-refractivity contribution is 5.29. The van der Waals surface area contributed by atoms with Gasteiger partial charge in [-0.1, -0.05) is 24.3 Å². The quantitative estimate of drug-likeness (QED) is 0.804. The average Bonchev–Trinajstić information content (AvgIpc) is 2.69. The highest BCUT2D eigenvalue weighted by Crippen LogP contribution is 2.09. The van der Waals surface area contributed by atoms with Gasteiger partial charge in [0.1, 0.15) is 6.26 Å². The van der Waals surface area contributed by atoms with Crippen molar-refractivity contribution in [2.75, 3.05) is 5.32 Å². The van der Waals surface area contributed by atoms with Crippen LogP contribution >= 0.6 is 0 Å². The van der Waals surface area contributed by atoms with Crippen molar-refractivity contribution < 1.29 is 4.42 Å². The van der Waals surface area contributed by atoms with Crippen LogP contribution in [0.4, 0.5) is 6.01 Å². The predicted octanol–water partition coefficient (Wildman–Crippen LogP) is 2.60. The van der Waals surface area contributed by atoms with Crippen LogP contribution in [-0.2, 0) is 6.54 Å². The third-order valence-electron chi connectivity index (χ3n) is 2.12.